The molecule has 1 aliphatic rings. The summed E-state index contributed by atoms with van der Waals surface area (Å²) in [5, 5.41) is 0. The summed E-state index contributed by atoms with van der Waals surface area (Å²) >= 11 is 0. The molecular formula is C15H16F3NO. The second-order valence-corrected chi connectivity index (χ2v) is 5.05. The van der Waals surface area contributed by atoms with Crippen molar-refractivity contribution >= 4 is 5.91 Å². The molecule has 1 heterocycles. The minimum absolute atomic E-state index is 0.0418. The van der Waals surface area contributed by atoms with Crippen molar-refractivity contribution in [2.24, 2.45) is 5.92 Å². The Bertz CT molecular complexity index is 524. The molecule has 0 bridgehead atoms. The third-order valence-corrected chi connectivity index (χ3v) is 3.69. The van der Waals surface area contributed by atoms with Crippen LogP contribution in [0.5, 0.6) is 0 Å². The van der Waals surface area contributed by atoms with E-state index < -0.39 is 11.7 Å². The third-order valence-electron chi connectivity index (χ3n) is 3.69. The quantitative estimate of drug-likeness (QED) is 0.773. The van der Waals surface area contributed by atoms with E-state index in [0.29, 0.717) is 18.5 Å². The van der Waals surface area contributed by atoms with E-state index in [9.17, 15) is 18.0 Å². The van der Waals surface area contributed by atoms with Gasteiger partial charge in [-0.25, -0.2) is 0 Å². The zero-order valence-electron chi connectivity index (χ0n) is 11.2. The first-order chi connectivity index (χ1) is 9.32. The lowest BCUT2D eigenvalue weighted by Crippen LogP contribution is -2.28. The van der Waals surface area contributed by atoms with Crippen LogP contribution in [0.2, 0.25) is 0 Å². The molecule has 1 aromatic carbocycles. The second-order valence-electron chi connectivity index (χ2n) is 5.05. The van der Waals surface area contributed by atoms with Gasteiger partial charge in [-0.2, -0.15) is 13.2 Å². The Morgan fingerprint density at radius 1 is 1.45 bits per heavy atom. The Balaban J connectivity index is 2.23. The second kappa shape index (κ2) is 5.31. The van der Waals surface area contributed by atoms with Crippen molar-refractivity contribution in [2.75, 3.05) is 6.54 Å². The molecule has 1 aliphatic heterocycles. The van der Waals surface area contributed by atoms with Crippen LogP contribution in [-0.2, 0) is 11.0 Å². The molecular weight excluding hydrogens is 267 g/mol. The van der Waals surface area contributed by atoms with Gasteiger partial charge in [-0.3, -0.25) is 4.79 Å². The SMILES string of the molecule is C=CC1CC(=O)N(C(C)c2cccc(C(F)(F)F)c2)C1. The zero-order valence-corrected chi connectivity index (χ0v) is 11.2. The van der Waals surface area contributed by atoms with Crippen LogP contribution in [0, 0.1) is 5.92 Å². The molecule has 20 heavy (non-hydrogen) atoms. The summed E-state index contributed by atoms with van der Waals surface area (Å²) in [4.78, 5) is 13.5. The van der Waals surface area contributed by atoms with Crippen molar-refractivity contribution < 1.29 is 18.0 Å². The Kier molecular flexibility index (Phi) is 3.88. The number of alkyl halides is 3. The lowest BCUT2D eigenvalue weighted by Gasteiger charge is -2.25. The Hall–Kier alpha value is -1.78. The van der Waals surface area contributed by atoms with E-state index in [-0.39, 0.29) is 17.9 Å². The van der Waals surface area contributed by atoms with Crippen LogP contribution in [0.4, 0.5) is 13.2 Å². The average molecular weight is 283 g/mol. The van der Waals surface area contributed by atoms with Crippen LogP contribution in [0.25, 0.3) is 0 Å². The van der Waals surface area contributed by atoms with Gasteiger partial charge in [0.2, 0.25) is 5.91 Å². The number of likely N-dealkylation sites (tertiary alicyclic amines) is 1. The smallest absolute Gasteiger partial charge is 0.335 e. The third kappa shape index (κ3) is 2.86. The van der Waals surface area contributed by atoms with Crippen LogP contribution in [-0.4, -0.2) is 17.4 Å². The van der Waals surface area contributed by atoms with Crippen LogP contribution < -0.4 is 0 Å². The monoisotopic (exact) mass is 283 g/mol. The number of halogens is 3. The minimum atomic E-state index is -4.37. The molecule has 1 aromatic rings. The van der Waals surface area contributed by atoms with Crippen molar-refractivity contribution in [2.45, 2.75) is 25.6 Å². The predicted octanol–water partition coefficient (Wildman–Crippen LogP) is 3.80. The normalized spacial score (nSPS) is 21.1. The van der Waals surface area contributed by atoms with Gasteiger partial charge in [0.05, 0.1) is 11.6 Å². The molecule has 2 rings (SSSR count). The van der Waals surface area contributed by atoms with Crippen molar-refractivity contribution in [3.8, 4) is 0 Å². The molecule has 0 aromatic heterocycles. The van der Waals surface area contributed by atoms with Gasteiger partial charge in [-0.05, 0) is 24.6 Å². The summed E-state index contributed by atoms with van der Waals surface area (Å²) in [6.45, 7) is 5.92. The fourth-order valence-electron chi connectivity index (χ4n) is 2.45. The van der Waals surface area contributed by atoms with E-state index in [0.717, 1.165) is 12.1 Å². The molecule has 108 valence electrons. The van der Waals surface area contributed by atoms with E-state index >= 15 is 0 Å². The minimum Gasteiger partial charge on any atom is -0.335 e. The van der Waals surface area contributed by atoms with Crippen LogP contribution in [0.1, 0.15) is 30.5 Å². The molecule has 1 fully saturated rings. The fraction of sp³-hybridized carbons (Fsp3) is 0.400. The maximum atomic E-state index is 12.7. The summed E-state index contributed by atoms with van der Waals surface area (Å²) in [6.07, 6.45) is -2.27. The molecule has 2 atom stereocenters. The van der Waals surface area contributed by atoms with Gasteiger partial charge >= 0.3 is 6.18 Å². The number of hydrogen-bond acceptors (Lipinski definition) is 1. The first-order valence-electron chi connectivity index (χ1n) is 6.42. The van der Waals surface area contributed by atoms with Gasteiger partial charge in [0.1, 0.15) is 0 Å². The molecule has 2 nitrogen and oxygen atoms in total. The highest BCUT2D eigenvalue weighted by Gasteiger charge is 2.34. The lowest BCUT2D eigenvalue weighted by molar-refractivity contribution is -0.137. The summed E-state index contributed by atoms with van der Waals surface area (Å²) in [5.41, 5.74) is -0.188. The van der Waals surface area contributed by atoms with Crippen molar-refractivity contribution in [1.82, 2.24) is 4.90 Å². The largest absolute Gasteiger partial charge is 0.416 e. The Labute approximate surface area is 115 Å². The summed E-state index contributed by atoms with van der Waals surface area (Å²) in [5.74, 6) is 0.0376. The maximum Gasteiger partial charge on any atom is 0.416 e. The number of rotatable bonds is 3. The fourth-order valence-corrected chi connectivity index (χ4v) is 2.45. The van der Waals surface area contributed by atoms with Crippen molar-refractivity contribution in [3.05, 3.63) is 48.0 Å². The summed E-state index contributed by atoms with van der Waals surface area (Å²) in [7, 11) is 0. The van der Waals surface area contributed by atoms with Gasteiger partial charge in [0.15, 0.2) is 0 Å². The topological polar surface area (TPSA) is 20.3 Å². The molecule has 1 saturated heterocycles. The van der Waals surface area contributed by atoms with Gasteiger partial charge < -0.3 is 4.90 Å². The van der Waals surface area contributed by atoms with Crippen molar-refractivity contribution in [1.29, 1.82) is 0 Å². The Morgan fingerprint density at radius 3 is 2.70 bits per heavy atom. The molecule has 5 heteroatoms. The summed E-state index contributed by atoms with van der Waals surface area (Å²) in [6, 6.07) is 4.78. The predicted molar refractivity (Wildman–Crippen MR) is 69.9 cm³/mol. The molecule has 2 unspecified atom stereocenters. The maximum absolute atomic E-state index is 12.7. The number of carbonyl (C=O) groups excluding carboxylic acids is 1. The first kappa shape index (κ1) is 14.6. The molecule has 0 radical (unpaired) electrons. The van der Waals surface area contributed by atoms with Crippen molar-refractivity contribution in [3.63, 3.8) is 0 Å². The Morgan fingerprint density at radius 2 is 2.15 bits per heavy atom. The zero-order chi connectivity index (χ0) is 14.9. The standard InChI is InChI=1S/C15H16F3NO/c1-3-11-7-14(20)19(9-11)10(2)12-5-4-6-13(8-12)15(16,17)18/h3-6,8,10-11H,1,7,9H2,2H3. The van der Waals surface area contributed by atoms with Gasteiger partial charge in [0.25, 0.3) is 0 Å². The first-order valence-corrected chi connectivity index (χ1v) is 6.42. The van der Waals surface area contributed by atoms with Gasteiger partial charge in [-0.15, -0.1) is 6.58 Å². The van der Waals surface area contributed by atoms with E-state index in [1.54, 1.807) is 24.0 Å². The van der Waals surface area contributed by atoms with Crippen LogP contribution >= 0.6 is 0 Å². The number of benzene rings is 1. The van der Waals surface area contributed by atoms with Gasteiger partial charge in [-0.1, -0.05) is 18.2 Å². The van der Waals surface area contributed by atoms with E-state index in [1.807, 2.05) is 0 Å². The van der Waals surface area contributed by atoms with Crippen LogP contribution in [0.15, 0.2) is 36.9 Å². The summed E-state index contributed by atoms with van der Waals surface area (Å²) < 4.78 is 38.1. The molecule has 1 amide bonds. The number of hydrogen-bond donors (Lipinski definition) is 0. The number of nitrogens with zero attached hydrogens (tertiary/aromatic N) is 1. The highest BCUT2D eigenvalue weighted by atomic mass is 19.4. The average Bonchev–Trinajstić information content (AvgIpc) is 2.78. The highest BCUT2D eigenvalue weighted by molar-refractivity contribution is 5.79. The molecule has 0 spiro atoms. The number of amides is 1. The highest BCUT2D eigenvalue weighted by Crippen LogP contribution is 2.33. The van der Waals surface area contributed by atoms with Gasteiger partial charge in [0, 0.05) is 18.9 Å². The van der Waals surface area contributed by atoms with Crippen LogP contribution in [0.3, 0.4) is 0 Å². The lowest BCUT2D eigenvalue weighted by atomic mass is 10.0. The molecule has 0 saturated carbocycles. The number of carbonyl (C=O) groups is 1. The molecule has 0 N–H and O–H groups in total. The van der Waals surface area contributed by atoms with E-state index in [2.05, 4.69) is 6.58 Å². The van der Waals surface area contributed by atoms with E-state index in [4.69, 9.17) is 0 Å². The molecule has 0 aliphatic carbocycles. The van der Waals surface area contributed by atoms with E-state index in [1.165, 1.54) is 6.07 Å².